The van der Waals surface area contributed by atoms with Gasteiger partial charge in [0.25, 0.3) is 0 Å². The van der Waals surface area contributed by atoms with E-state index in [9.17, 15) is 9.59 Å². The lowest BCUT2D eigenvalue weighted by atomic mass is 9.77. The van der Waals surface area contributed by atoms with Gasteiger partial charge < -0.3 is 19.3 Å². The summed E-state index contributed by atoms with van der Waals surface area (Å²) in [6.45, 7) is 5.59. The fourth-order valence-electron chi connectivity index (χ4n) is 3.12. The van der Waals surface area contributed by atoms with E-state index in [-0.39, 0.29) is 6.61 Å². The number of hydrogen-bond acceptors (Lipinski definition) is 5. The van der Waals surface area contributed by atoms with Crippen molar-refractivity contribution in [3.63, 3.8) is 0 Å². The zero-order valence-electron chi connectivity index (χ0n) is 15.0. The van der Waals surface area contributed by atoms with Crippen molar-refractivity contribution >= 4 is 12.3 Å². The molecule has 0 bridgehead atoms. The van der Waals surface area contributed by atoms with Gasteiger partial charge in [-0.3, -0.25) is 0 Å². The Morgan fingerprint density at radius 2 is 1.50 bits per heavy atom. The molecule has 0 aromatic carbocycles. The molecule has 140 valence electrons. The van der Waals surface area contributed by atoms with E-state index in [2.05, 4.69) is 18.6 Å². The minimum Gasteiger partial charge on any atom is -0.450 e. The number of ether oxygens (including phenoxy) is 3. The van der Waals surface area contributed by atoms with Gasteiger partial charge >= 0.3 is 12.3 Å². The molecule has 0 radical (unpaired) electrons. The zero-order chi connectivity index (χ0) is 17.8. The number of carbonyl (C=O) groups is 2. The maximum absolute atomic E-state index is 11.5. The molecule has 1 rings (SSSR count). The molecule has 0 atom stereocenters. The molecule has 6 heteroatoms. The Balaban J connectivity index is 1.93. The minimum atomic E-state index is -1.24. The predicted octanol–water partition coefficient (Wildman–Crippen LogP) is 4.86. The Morgan fingerprint density at radius 1 is 0.917 bits per heavy atom. The molecular formula is C18H32O6. The Morgan fingerprint density at radius 3 is 2.04 bits per heavy atom. The molecule has 0 amide bonds. The second-order valence-electron chi connectivity index (χ2n) is 6.96. The molecule has 1 N–H and O–H groups in total. The molecule has 0 spiro atoms. The van der Waals surface area contributed by atoms with Gasteiger partial charge in [-0.25, -0.2) is 9.59 Å². The van der Waals surface area contributed by atoms with Crippen molar-refractivity contribution in [3.8, 4) is 0 Å². The highest BCUT2D eigenvalue weighted by molar-refractivity contribution is 5.59. The SMILES string of the molecule is CC(C)C1CCC(COC(=O)OCCCCCCOC(=O)O)CC1. The summed E-state index contributed by atoms with van der Waals surface area (Å²) in [5.74, 6) is 2.03. The van der Waals surface area contributed by atoms with Crippen LogP contribution in [0.3, 0.4) is 0 Å². The van der Waals surface area contributed by atoms with Crippen molar-refractivity contribution in [1.29, 1.82) is 0 Å². The Bertz CT molecular complexity index is 361. The van der Waals surface area contributed by atoms with Crippen LogP contribution in [0.25, 0.3) is 0 Å². The van der Waals surface area contributed by atoms with Crippen molar-refractivity contribution in [2.24, 2.45) is 17.8 Å². The second-order valence-corrected chi connectivity index (χ2v) is 6.96. The van der Waals surface area contributed by atoms with E-state index in [0.717, 1.165) is 43.9 Å². The largest absolute Gasteiger partial charge is 0.508 e. The molecule has 1 aliphatic rings. The molecule has 0 aromatic rings. The monoisotopic (exact) mass is 344 g/mol. The molecule has 0 aromatic heterocycles. The molecule has 6 nitrogen and oxygen atoms in total. The quantitative estimate of drug-likeness (QED) is 0.450. The maximum atomic E-state index is 11.5. The summed E-state index contributed by atoms with van der Waals surface area (Å²) in [6, 6.07) is 0. The summed E-state index contributed by atoms with van der Waals surface area (Å²) < 4.78 is 14.7. The van der Waals surface area contributed by atoms with E-state index < -0.39 is 12.3 Å². The molecule has 1 aliphatic carbocycles. The first-order valence-corrected chi connectivity index (χ1v) is 9.14. The first-order valence-electron chi connectivity index (χ1n) is 9.14. The zero-order valence-corrected chi connectivity index (χ0v) is 15.0. The van der Waals surface area contributed by atoms with Gasteiger partial charge in [-0.15, -0.1) is 0 Å². The van der Waals surface area contributed by atoms with Gasteiger partial charge in [0.15, 0.2) is 0 Å². The number of carbonyl (C=O) groups excluding carboxylic acids is 1. The molecule has 0 aliphatic heterocycles. The normalized spacial score (nSPS) is 20.6. The molecular weight excluding hydrogens is 312 g/mol. The number of carboxylic acid groups (broad SMARTS) is 1. The van der Waals surface area contributed by atoms with Crippen LogP contribution in [0.4, 0.5) is 9.59 Å². The summed E-state index contributed by atoms with van der Waals surface area (Å²) in [6.07, 6.45) is 6.08. The first-order chi connectivity index (χ1) is 11.5. The third kappa shape index (κ3) is 9.63. The second kappa shape index (κ2) is 12.0. The number of rotatable bonds is 10. The third-order valence-electron chi connectivity index (χ3n) is 4.76. The summed E-state index contributed by atoms with van der Waals surface area (Å²) in [7, 11) is 0. The van der Waals surface area contributed by atoms with Crippen LogP contribution < -0.4 is 0 Å². The summed E-state index contributed by atoms with van der Waals surface area (Å²) in [5.41, 5.74) is 0. The fraction of sp³-hybridized carbons (Fsp3) is 0.889. The fourth-order valence-corrected chi connectivity index (χ4v) is 3.12. The lowest BCUT2D eigenvalue weighted by Crippen LogP contribution is -2.23. The van der Waals surface area contributed by atoms with Crippen LogP contribution in [-0.2, 0) is 14.2 Å². The van der Waals surface area contributed by atoms with E-state index in [0.29, 0.717) is 25.6 Å². The predicted molar refractivity (Wildman–Crippen MR) is 90.0 cm³/mol. The van der Waals surface area contributed by atoms with Gasteiger partial charge in [0.1, 0.15) is 0 Å². The van der Waals surface area contributed by atoms with Crippen molar-refractivity contribution in [3.05, 3.63) is 0 Å². The van der Waals surface area contributed by atoms with E-state index in [1.54, 1.807) is 0 Å². The molecule has 0 heterocycles. The van der Waals surface area contributed by atoms with Crippen LogP contribution >= 0.6 is 0 Å². The van der Waals surface area contributed by atoms with Gasteiger partial charge in [-0.2, -0.15) is 0 Å². The minimum absolute atomic E-state index is 0.220. The van der Waals surface area contributed by atoms with Crippen molar-refractivity contribution < 1.29 is 28.9 Å². The van der Waals surface area contributed by atoms with Crippen LogP contribution in [0.15, 0.2) is 0 Å². The topological polar surface area (TPSA) is 82.1 Å². The van der Waals surface area contributed by atoms with E-state index >= 15 is 0 Å². The molecule has 1 saturated carbocycles. The first kappa shape index (κ1) is 20.6. The lowest BCUT2D eigenvalue weighted by molar-refractivity contribution is 0.0349. The molecule has 1 fully saturated rings. The van der Waals surface area contributed by atoms with Crippen LogP contribution in [0, 0.1) is 17.8 Å². The average molecular weight is 344 g/mol. The Labute approximate surface area is 144 Å². The van der Waals surface area contributed by atoms with Crippen LogP contribution in [0.1, 0.15) is 65.2 Å². The Kier molecular flexibility index (Phi) is 10.3. The molecule has 24 heavy (non-hydrogen) atoms. The van der Waals surface area contributed by atoms with Crippen molar-refractivity contribution in [2.45, 2.75) is 65.2 Å². The van der Waals surface area contributed by atoms with Crippen LogP contribution in [-0.4, -0.2) is 37.2 Å². The van der Waals surface area contributed by atoms with Gasteiger partial charge in [0.05, 0.1) is 19.8 Å². The highest BCUT2D eigenvalue weighted by Crippen LogP contribution is 2.33. The summed E-state index contributed by atoms with van der Waals surface area (Å²) >= 11 is 0. The number of unbranched alkanes of at least 4 members (excludes halogenated alkanes) is 3. The maximum Gasteiger partial charge on any atom is 0.508 e. The standard InChI is InChI=1S/C18H32O6/c1-14(2)16-9-7-15(8-10-16)13-24-18(21)23-12-6-4-3-5-11-22-17(19)20/h14-16H,3-13H2,1-2H3,(H,19,20). The third-order valence-corrected chi connectivity index (χ3v) is 4.76. The van der Waals surface area contributed by atoms with Gasteiger partial charge in [0, 0.05) is 0 Å². The molecule has 0 unspecified atom stereocenters. The highest BCUT2D eigenvalue weighted by Gasteiger charge is 2.24. The van der Waals surface area contributed by atoms with Crippen molar-refractivity contribution in [2.75, 3.05) is 19.8 Å². The smallest absolute Gasteiger partial charge is 0.450 e. The van der Waals surface area contributed by atoms with Gasteiger partial charge in [-0.05, 0) is 69.1 Å². The Hall–Kier alpha value is -1.46. The molecule has 0 saturated heterocycles. The average Bonchev–Trinajstić information content (AvgIpc) is 2.55. The van der Waals surface area contributed by atoms with E-state index in [4.69, 9.17) is 14.6 Å². The van der Waals surface area contributed by atoms with Crippen molar-refractivity contribution in [1.82, 2.24) is 0 Å². The van der Waals surface area contributed by atoms with Gasteiger partial charge in [-0.1, -0.05) is 13.8 Å². The van der Waals surface area contributed by atoms with Crippen LogP contribution in [0.2, 0.25) is 0 Å². The summed E-state index contributed by atoms with van der Waals surface area (Å²) in [5, 5.41) is 8.30. The van der Waals surface area contributed by atoms with Gasteiger partial charge in [0.2, 0.25) is 0 Å². The van der Waals surface area contributed by atoms with E-state index in [1.807, 2.05) is 0 Å². The van der Waals surface area contributed by atoms with E-state index in [1.165, 1.54) is 12.8 Å². The highest BCUT2D eigenvalue weighted by atomic mass is 16.7. The summed E-state index contributed by atoms with van der Waals surface area (Å²) in [4.78, 5) is 21.7. The van der Waals surface area contributed by atoms with Crippen LogP contribution in [0.5, 0.6) is 0 Å². The number of hydrogen-bond donors (Lipinski definition) is 1. The lowest BCUT2D eigenvalue weighted by Gasteiger charge is -2.30.